The molecule has 4 rings (SSSR count). The van der Waals surface area contributed by atoms with Gasteiger partial charge < -0.3 is 10.2 Å². The molecule has 5 heteroatoms. The normalized spacial score (nSPS) is 15.8. The fraction of sp³-hybridized carbons (Fsp3) is 0.333. The van der Waals surface area contributed by atoms with Crippen LogP contribution in [0.15, 0.2) is 30.3 Å². The van der Waals surface area contributed by atoms with E-state index in [0.717, 1.165) is 60.8 Å². The molecule has 1 amide bonds. The van der Waals surface area contributed by atoms with Crippen molar-refractivity contribution in [1.29, 1.82) is 0 Å². The van der Waals surface area contributed by atoms with Gasteiger partial charge >= 0.3 is 0 Å². The van der Waals surface area contributed by atoms with Crippen LogP contribution >= 0.6 is 11.6 Å². The molecule has 0 saturated carbocycles. The zero-order chi connectivity index (χ0) is 17.9. The number of alkyl halides is 1. The lowest BCUT2D eigenvalue weighted by molar-refractivity contribution is -0.113. The lowest BCUT2D eigenvalue weighted by atomic mass is 10.0. The summed E-state index contributed by atoms with van der Waals surface area (Å²) in [4.78, 5) is 19.1. The molecule has 0 fully saturated rings. The Bertz CT molecular complexity index is 954. The van der Waals surface area contributed by atoms with Crippen molar-refractivity contribution >= 4 is 41.2 Å². The fourth-order valence-electron chi connectivity index (χ4n) is 3.72. The SMILES string of the molecule is O=C(CCl)Nc1cc(N2CCCc3ccccc3C2)nc2c1=CCCC=2. The smallest absolute Gasteiger partial charge is 0.239 e. The van der Waals surface area contributed by atoms with E-state index in [4.69, 9.17) is 16.6 Å². The molecule has 134 valence electrons. The van der Waals surface area contributed by atoms with Gasteiger partial charge in [-0.2, -0.15) is 0 Å². The molecule has 4 nitrogen and oxygen atoms in total. The summed E-state index contributed by atoms with van der Waals surface area (Å²) in [5.74, 6) is 0.677. The number of aromatic nitrogens is 1. The molecule has 2 heterocycles. The molecule has 2 aliphatic rings. The van der Waals surface area contributed by atoms with Crippen molar-refractivity contribution in [2.24, 2.45) is 0 Å². The van der Waals surface area contributed by atoms with Gasteiger partial charge in [0.2, 0.25) is 5.91 Å². The molecule has 1 aliphatic heterocycles. The predicted molar refractivity (Wildman–Crippen MR) is 107 cm³/mol. The van der Waals surface area contributed by atoms with E-state index in [1.807, 2.05) is 6.07 Å². The van der Waals surface area contributed by atoms with Crippen molar-refractivity contribution in [3.8, 4) is 0 Å². The minimum Gasteiger partial charge on any atom is -0.352 e. The highest BCUT2D eigenvalue weighted by Gasteiger charge is 2.17. The van der Waals surface area contributed by atoms with Crippen LogP contribution in [0.3, 0.4) is 0 Å². The maximum atomic E-state index is 11.9. The van der Waals surface area contributed by atoms with Gasteiger partial charge in [-0.3, -0.25) is 4.79 Å². The Morgan fingerprint density at radius 1 is 1.19 bits per heavy atom. The standard InChI is InChI=1S/C21H22ClN3O/c22-13-21(26)24-19-12-20(23-18-10-4-3-9-17(18)19)25-11-5-8-15-6-1-2-7-16(15)14-25/h1-2,6-7,9-10,12H,3-5,8,11,13-14H2,(H,24,26). The molecule has 1 aliphatic carbocycles. The van der Waals surface area contributed by atoms with Crippen molar-refractivity contribution in [3.05, 3.63) is 52.0 Å². The van der Waals surface area contributed by atoms with Crippen molar-refractivity contribution in [1.82, 2.24) is 4.98 Å². The number of hydrogen-bond donors (Lipinski definition) is 1. The molecule has 1 aromatic carbocycles. The first kappa shape index (κ1) is 17.1. The number of benzene rings is 1. The Kier molecular flexibility index (Phi) is 4.93. The van der Waals surface area contributed by atoms with Crippen LogP contribution in [0, 0.1) is 0 Å². The number of anilines is 2. The molecule has 0 radical (unpaired) electrons. The minimum atomic E-state index is -0.189. The third-order valence-corrected chi connectivity index (χ3v) is 5.24. The largest absolute Gasteiger partial charge is 0.352 e. The highest BCUT2D eigenvalue weighted by atomic mass is 35.5. The van der Waals surface area contributed by atoms with Gasteiger partial charge in [-0.25, -0.2) is 4.98 Å². The van der Waals surface area contributed by atoms with E-state index >= 15 is 0 Å². The maximum absolute atomic E-state index is 11.9. The number of pyridine rings is 1. The van der Waals surface area contributed by atoms with Gasteiger partial charge in [-0.1, -0.05) is 36.4 Å². The third kappa shape index (κ3) is 3.47. The number of aryl methyl sites for hydroxylation is 1. The van der Waals surface area contributed by atoms with E-state index < -0.39 is 0 Å². The van der Waals surface area contributed by atoms with Gasteiger partial charge in [0, 0.05) is 24.4 Å². The lowest BCUT2D eigenvalue weighted by Crippen LogP contribution is -2.37. The van der Waals surface area contributed by atoms with Crippen LogP contribution in [0.1, 0.15) is 30.4 Å². The number of nitrogens with one attached hydrogen (secondary N) is 1. The van der Waals surface area contributed by atoms with Crippen LogP contribution in [-0.2, 0) is 17.8 Å². The van der Waals surface area contributed by atoms with Crippen molar-refractivity contribution in [2.45, 2.75) is 32.2 Å². The molecule has 2 aromatic rings. The number of hydrogen-bond acceptors (Lipinski definition) is 3. The van der Waals surface area contributed by atoms with Gasteiger partial charge in [-0.05, 0) is 36.8 Å². The van der Waals surface area contributed by atoms with Crippen molar-refractivity contribution in [2.75, 3.05) is 22.6 Å². The molecule has 0 spiro atoms. The monoisotopic (exact) mass is 367 g/mol. The second-order valence-electron chi connectivity index (χ2n) is 6.79. The van der Waals surface area contributed by atoms with Crippen LogP contribution in [0.5, 0.6) is 0 Å². The van der Waals surface area contributed by atoms with Crippen LogP contribution in [-0.4, -0.2) is 23.3 Å². The summed E-state index contributed by atoms with van der Waals surface area (Å²) in [5, 5.41) is 4.91. The van der Waals surface area contributed by atoms with E-state index in [9.17, 15) is 4.79 Å². The molecule has 0 unspecified atom stereocenters. The number of nitrogens with zero attached hydrogens (tertiary/aromatic N) is 2. The van der Waals surface area contributed by atoms with Crippen LogP contribution in [0.25, 0.3) is 12.2 Å². The quantitative estimate of drug-likeness (QED) is 0.848. The zero-order valence-electron chi connectivity index (χ0n) is 14.7. The molecule has 1 N–H and O–H groups in total. The summed E-state index contributed by atoms with van der Waals surface area (Å²) in [6.45, 7) is 1.79. The summed E-state index contributed by atoms with van der Waals surface area (Å²) in [6.07, 6.45) is 8.43. The topological polar surface area (TPSA) is 45.2 Å². The molecular formula is C21H22ClN3O. The first-order valence-electron chi connectivity index (χ1n) is 9.13. The van der Waals surface area contributed by atoms with Gasteiger partial charge in [0.15, 0.2) is 0 Å². The first-order chi connectivity index (χ1) is 12.7. The van der Waals surface area contributed by atoms with Gasteiger partial charge in [0.05, 0.1) is 11.0 Å². The average molecular weight is 368 g/mol. The van der Waals surface area contributed by atoms with Crippen LogP contribution in [0.4, 0.5) is 11.5 Å². The van der Waals surface area contributed by atoms with Crippen LogP contribution in [0.2, 0.25) is 0 Å². The summed E-state index contributed by atoms with van der Waals surface area (Å²) < 4.78 is 0. The average Bonchev–Trinajstić information content (AvgIpc) is 2.90. The summed E-state index contributed by atoms with van der Waals surface area (Å²) >= 11 is 5.70. The van der Waals surface area contributed by atoms with Crippen molar-refractivity contribution in [3.63, 3.8) is 0 Å². The van der Waals surface area contributed by atoms with Gasteiger partial charge in [0.25, 0.3) is 0 Å². The Morgan fingerprint density at radius 2 is 2.00 bits per heavy atom. The van der Waals surface area contributed by atoms with E-state index in [1.165, 1.54) is 11.1 Å². The fourth-order valence-corrected chi connectivity index (χ4v) is 3.79. The number of rotatable bonds is 3. The van der Waals surface area contributed by atoms with E-state index in [0.29, 0.717) is 0 Å². The second-order valence-corrected chi connectivity index (χ2v) is 7.06. The van der Waals surface area contributed by atoms with Gasteiger partial charge in [-0.15, -0.1) is 11.6 Å². The number of halogens is 1. The maximum Gasteiger partial charge on any atom is 0.239 e. The number of carbonyl (C=O) groups excluding carboxylic acids is 1. The van der Waals surface area contributed by atoms with Crippen molar-refractivity contribution < 1.29 is 4.79 Å². The number of amides is 1. The zero-order valence-corrected chi connectivity index (χ0v) is 15.4. The number of carbonyl (C=O) groups is 1. The van der Waals surface area contributed by atoms with E-state index in [2.05, 4.69) is 46.6 Å². The molecule has 26 heavy (non-hydrogen) atoms. The third-order valence-electron chi connectivity index (χ3n) is 5.00. The molecule has 0 saturated heterocycles. The Morgan fingerprint density at radius 3 is 2.85 bits per heavy atom. The Labute approximate surface area is 158 Å². The summed E-state index contributed by atoms with van der Waals surface area (Å²) in [5.41, 5.74) is 3.58. The Balaban J connectivity index is 1.75. The highest BCUT2D eigenvalue weighted by molar-refractivity contribution is 6.29. The predicted octanol–water partition coefficient (Wildman–Crippen LogP) is 2.57. The molecule has 1 aromatic heterocycles. The van der Waals surface area contributed by atoms with Crippen LogP contribution < -0.4 is 20.8 Å². The first-order valence-corrected chi connectivity index (χ1v) is 9.67. The molecular weight excluding hydrogens is 346 g/mol. The van der Waals surface area contributed by atoms with E-state index in [-0.39, 0.29) is 11.8 Å². The second kappa shape index (κ2) is 7.50. The molecule has 0 atom stereocenters. The molecule has 0 bridgehead atoms. The highest BCUT2D eigenvalue weighted by Crippen LogP contribution is 2.23. The number of fused-ring (bicyclic) bond motifs is 2. The van der Waals surface area contributed by atoms with Gasteiger partial charge in [0.1, 0.15) is 11.7 Å². The minimum absolute atomic E-state index is 0.0484. The lowest BCUT2D eigenvalue weighted by Gasteiger charge is -2.23. The summed E-state index contributed by atoms with van der Waals surface area (Å²) in [7, 11) is 0. The Hall–Kier alpha value is -2.33. The van der Waals surface area contributed by atoms with E-state index in [1.54, 1.807) is 0 Å². The summed E-state index contributed by atoms with van der Waals surface area (Å²) in [6, 6.07) is 10.6.